The van der Waals surface area contributed by atoms with Crippen LogP contribution >= 0.6 is 11.8 Å². The molecule has 2 aromatic rings. The zero-order valence-corrected chi connectivity index (χ0v) is 10.8. The summed E-state index contributed by atoms with van der Waals surface area (Å²) in [6, 6.07) is 13.8. The largest absolute Gasteiger partial charge is 0.298 e. The van der Waals surface area contributed by atoms with Crippen molar-refractivity contribution in [2.45, 2.75) is 10.6 Å². The molecule has 5 heteroatoms. The number of non-ortho nitro benzene ring substituents is 1. The van der Waals surface area contributed by atoms with Crippen molar-refractivity contribution in [3.63, 3.8) is 0 Å². The first kappa shape index (κ1) is 13.3. The van der Waals surface area contributed by atoms with Crippen LogP contribution in [-0.2, 0) is 5.75 Å². The number of carbonyl (C=O) groups is 1. The Labute approximate surface area is 114 Å². The summed E-state index contributed by atoms with van der Waals surface area (Å²) in [5.41, 5.74) is 1.78. The fourth-order valence-corrected chi connectivity index (χ4v) is 2.38. The van der Waals surface area contributed by atoms with Crippen molar-refractivity contribution in [3.8, 4) is 0 Å². The number of carbonyl (C=O) groups excluding carboxylic acids is 1. The molecule has 0 amide bonds. The summed E-state index contributed by atoms with van der Waals surface area (Å²) >= 11 is 1.62. The Kier molecular flexibility index (Phi) is 4.30. The van der Waals surface area contributed by atoms with Gasteiger partial charge in [0.15, 0.2) is 0 Å². The summed E-state index contributed by atoms with van der Waals surface area (Å²) in [6.07, 6.45) is 0.810. The summed E-state index contributed by atoms with van der Waals surface area (Å²) in [6.45, 7) is 0. The first-order valence-corrected chi connectivity index (χ1v) is 6.59. The van der Waals surface area contributed by atoms with Crippen molar-refractivity contribution in [2.24, 2.45) is 0 Å². The number of thioether (sulfide) groups is 1. The van der Waals surface area contributed by atoms with E-state index in [0.29, 0.717) is 5.56 Å². The van der Waals surface area contributed by atoms with E-state index in [2.05, 4.69) is 0 Å². The summed E-state index contributed by atoms with van der Waals surface area (Å²) in [5, 5.41) is 10.5. The molecule has 0 saturated carbocycles. The van der Waals surface area contributed by atoms with Crippen LogP contribution in [0.4, 0.5) is 5.69 Å². The topological polar surface area (TPSA) is 60.2 Å². The lowest BCUT2D eigenvalue weighted by molar-refractivity contribution is -0.384. The van der Waals surface area contributed by atoms with E-state index in [4.69, 9.17) is 0 Å². The zero-order valence-electron chi connectivity index (χ0n) is 9.98. The average molecular weight is 273 g/mol. The standard InChI is InChI=1S/C14H11NO3S/c16-9-11-3-7-14(8-4-11)19-10-12-1-5-13(6-2-12)15(17)18/h1-9H,10H2. The third-order valence-electron chi connectivity index (χ3n) is 2.57. The number of nitro benzene ring substituents is 1. The summed E-state index contributed by atoms with van der Waals surface area (Å²) in [4.78, 5) is 21.7. The van der Waals surface area contributed by atoms with Gasteiger partial charge in [-0.2, -0.15) is 0 Å². The predicted molar refractivity (Wildman–Crippen MR) is 74.5 cm³/mol. The molecule has 4 nitrogen and oxygen atoms in total. The van der Waals surface area contributed by atoms with Crippen molar-refractivity contribution in [1.82, 2.24) is 0 Å². The molecule has 0 N–H and O–H groups in total. The third kappa shape index (κ3) is 3.66. The van der Waals surface area contributed by atoms with Crippen molar-refractivity contribution in [2.75, 3.05) is 0 Å². The first-order valence-electron chi connectivity index (χ1n) is 5.60. The monoisotopic (exact) mass is 273 g/mol. The van der Waals surface area contributed by atoms with Gasteiger partial charge in [-0.25, -0.2) is 0 Å². The highest BCUT2D eigenvalue weighted by molar-refractivity contribution is 7.98. The molecule has 0 unspecified atom stereocenters. The molecule has 0 aromatic heterocycles. The van der Waals surface area contributed by atoms with Crippen LogP contribution in [0.25, 0.3) is 0 Å². The molecule has 0 atom stereocenters. The maximum absolute atomic E-state index is 10.5. The maximum Gasteiger partial charge on any atom is 0.269 e. The normalized spacial score (nSPS) is 10.1. The number of rotatable bonds is 5. The van der Waals surface area contributed by atoms with Crippen LogP contribution in [0.15, 0.2) is 53.4 Å². The lowest BCUT2D eigenvalue weighted by atomic mass is 10.2. The van der Waals surface area contributed by atoms with Gasteiger partial charge in [-0.3, -0.25) is 14.9 Å². The Morgan fingerprint density at radius 1 is 1.05 bits per heavy atom. The van der Waals surface area contributed by atoms with Gasteiger partial charge in [-0.05, 0) is 17.7 Å². The Morgan fingerprint density at radius 2 is 1.68 bits per heavy atom. The molecule has 96 valence electrons. The van der Waals surface area contributed by atoms with Gasteiger partial charge < -0.3 is 0 Å². The average Bonchev–Trinajstić information content (AvgIpc) is 2.46. The second-order valence-corrected chi connectivity index (χ2v) is 4.95. The van der Waals surface area contributed by atoms with E-state index < -0.39 is 4.92 Å². The Morgan fingerprint density at radius 3 is 2.21 bits per heavy atom. The van der Waals surface area contributed by atoms with Crippen LogP contribution in [0, 0.1) is 10.1 Å². The molecule has 0 aliphatic carbocycles. The number of benzene rings is 2. The molecule has 0 saturated heterocycles. The van der Waals surface area contributed by atoms with Gasteiger partial charge >= 0.3 is 0 Å². The van der Waals surface area contributed by atoms with Gasteiger partial charge in [0.25, 0.3) is 5.69 Å². The van der Waals surface area contributed by atoms with Gasteiger partial charge in [0.1, 0.15) is 6.29 Å². The van der Waals surface area contributed by atoms with Crippen LogP contribution in [-0.4, -0.2) is 11.2 Å². The molecule has 2 aromatic carbocycles. The van der Waals surface area contributed by atoms with E-state index in [1.165, 1.54) is 12.1 Å². The van der Waals surface area contributed by atoms with Crippen LogP contribution in [0.1, 0.15) is 15.9 Å². The maximum atomic E-state index is 10.5. The number of aldehydes is 1. The van der Waals surface area contributed by atoms with Gasteiger partial charge in [0.05, 0.1) is 4.92 Å². The number of nitro groups is 1. The van der Waals surface area contributed by atoms with Crippen LogP contribution in [0.5, 0.6) is 0 Å². The molecule has 0 fully saturated rings. The Bertz CT molecular complexity index is 579. The minimum Gasteiger partial charge on any atom is -0.298 e. The SMILES string of the molecule is O=Cc1ccc(SCc2ccc([N+](=O)[O-])cc2)cc1. The zero-order chi connectivity index (χ0) is 13.7. The van der Waals surface area contributed by atoms with E-state index in [1.807, 2.05) is 12.1 Å². The second-order valence-electron chi connectivity index (χ2n) is 3.90. The van der Waals surface area contributed by atoms with Gasteiger partial charge in [-0.1, -0.05) is 24.3 Å². The van der Waals surface area contributed by atoms with E-state index in [0.717, 1.165) is 22.5 Å². The highest BCUT2D eigenvalue weighted by atomic mass is 32.2. The number of hydrogen-bond donors (Lipinski definition) is 0. The summed E-state index contributed by atoms with van der Waals surface area (Å²) < 4.78 is 0. The first-order chi connectivity index (χ1) is 9.19. The minimum absolute atomic E-state index is 0.101. The quantitative estimate of drug-likeness (QED) is 0.361. The van der Waals surface area contributed by atoms with Crippen molar-refractivity contribution in [1.29, 1.82) is 0 Å². The molecule has 0 spiro atoms. The third-order valence-corrected chi connectivity index (χ3v) is 3.65. The number of hydrogen-bond acceptors (Lipinski definition) is 4. The van der Waals surface area contributed by atoms with Gasteiger partial charge in [0, 0.05) is 28.3 Å². The second kappa shape index (κ2) is 6.15. The van der Waals surface area contributed by atoms with Gasteiger partial charge in [0.2, 0.25) is 0 Å². The lowest BCUT2D eigenvalue weighted by Gasteiger charge is -2.02. The molecule has 0 bridgehead atoms. The highest BCUT2D eigenvalue weighted by Gasteiger charge is 2.04. The Balaban J connectivity index is 1.97. The van der Waals surface area contributed by atoms with Gasteiger partial charge in [-0.15, -0.1) is 11.8 Å². The molecule has 0 aliphatic rings. The smallest absolute Gasteiger partial charge is 0.269 e. The molecule has 0 heterocycles. The summed E-state index contributed by atoms with van der Waals surface area (Å²) in [5.74, 6) is 0.735. The van der Waals surface area contributed by atoms with Crippen LogP contribution < -0.4 is 0 Å². The lowest BCUT2D eigenvalue weighted by Crippen LogP contribution is -1.88. The fraction of sp³-hybridized carbons (Fsp3) is 0.0714. The van der Waals surface area contributed by atoms with Crippen molar-refractivity contribution < 1.29 is 9.72 Å². The van der Waals surface area contributed by atoms with E-state index >= 15 is 0 Å². The Hall–Kier alpha value is -2.14. The molecular formula is C14H11NO3S. The van der Waals surface area contributed by atoms with Crippen molar-refractivity contribution >= 4 is 23.7 Å². The van der Waals surface area contributed by atoms with Crippen LogP contribution in [0.2, 0.25) is 0 Å². The number of nitrogens with zero attached hydrogens (tertiary/aromatic N) is 1. The van der Waals surface area contributed by atoms with E-state index in [-0.39, 0.29) is 5.69 Å². The van der Waals surface area contributed by atoms with E-state index in [1.54, 1.807) is 36.0 Å². The molecular weight excluding hydrogens is 262 g/mol. The van der Waals surface area contributed by atoms with Crippen LogP contribution in [0.3, 0.4) is 0 Å². The highest BCUT2D eigenvalue weighted by Crippen LogP contribution is 2.23. The molecule has 19 heavy (non-hydrogen) atoms. The fourth-order valence-electron chi connectivity index (χ4n) is 1.52. The predicted octanol–water partition coefficient (Wildman–Crippen LogP) is 3.70. The minimum atomic E-state index is -0.408. The van der Waals surface area contributed by atoms with Crippen molar-refractivity contribution in [3.05, 3.63) is 69.8 Å². The molecule has 0 radical (unpaired) electrons. The molecule has 0 aliphatic heterocycles. The molecule has 2 rings (SSSR count). The summed E-state index contributed by atoms with van der Waals surface area (Å²) in [7, 11) is 0. The van der Waals surface area contributed by atoms with E-state index in [9.17, 15) is 14.9 Å².